The predicted octanol–water partition coefficient (Wildman–Crippen LogP) is 4.85. The molecule has 3 aromatic heterocycles. The number of hydrogen-bond acceptors (Lipinski definition) is 7. The van der Waals surface area contributed by atoms with Gasteiger partial charge in [-0.15, -0.1) is 0 Å². The summed E-state index contributed by atoms with van der Waals surface area (Å²) in [7, 11) is 1.89. The van der Waals surface area contributed by atoms with Crippen LogP contribution in [-0.4, -0.2) is 53.4 Å². The average Bonchev–Trinajstić information content (AvgIpc) is 3.54. The number of halogens is 3. The fraction of sp³-hybridized carbons (Fsp3) is 0.286. The molecule has 1 aliphatic rings. The molecule has 2 N–H and O–H groups in total. The Morgan fingerprint density at radius 3 is 2.48 bits per heavy atom. The molecule has 0 radical (unpaired) electrons. The zero-order chi connectivity index (χ0) is 28.2. The van der Waals surface area contributed by atoms with Crippen LogP contribution in [0.1, 0.15) is 36.6 Å². The molecule has 1 aliphatic heterocycles. The number of aromatic nitrogens is 6. The number of aliphatic hydroxyl groups is 1. The number of alkyl halides is 2. The van der Waals surface area contributed by atoms with Gasteiger partial charge in [-0.1, -0.05) is 6.07 Å². The lowest BCUT2D eigenvalue weighted by Crippen LogP contribution is -2.26. The highest BCUT2D eigenvalue weighted by atomic mass is 19.3. The Kier molecular flexibility index (Phi) is 6.31. The third-order valence-electron chi connectivity index (χ3n) is 6.96. The van der Waals surface area contributed by atoms with E-state index >= 15 is 4.39 Å². The van der Waals surface area contributed by atoms with E-state index < -0.39 is 23.8 Å². The molecule has 40 heavy (non-hydrogen) atoms. The average molecular weight is 550 g/mol. The van der Waals surface area contributed by atoms with Crippen LogP contribution in [0.5, 0.6) is 5.75 Å². The standard InChI is InChI=1S/C28H26F3N7O2/c1-28(2,39)26-32-10-16(11-33-26)15-4-5-22-23(8-15)38-13-19-18(12-37(3)14-24(38)35-22)17(21-6-7-34-36-21)9-20(29)25(19)40-27(30)31/h4-11,27,39H,12-14H2,1-3H3,(H,34,36). The molecule has 4 heterocycles. The zero-order valence-electron chi connectivity index (χ0n) is 22.0. The topological polar surface area (TPSA) is 105 Å². The number of nitrogens with zero attached hydrogens (tertiary/aromatic N) is 6. The van der Waals surface area contributed by atoms with Crippen molar-refractivity contribution in [3.63, 3.8) is 0 Å². The number of imidazole rings is 1. The summed E-state index contributed by atoms with van der Waals surface area (Å²) in [6, 6.07) is 8.59. The van der Waals surface area contributed by atoms with Crippen LogP contribution in [0.2, 0.25) is 0 Å². The van der Waals surface area contributed by atoms with E-state index in [1.807, 2.05) is 34.7 Å². The Bertz CT molecular complexity index is 1690. The van der Waals surface area contributed by atoms with Crippen LogP contribution in [0.25, 0.3) is 33.4 Å². The van der Waals surface area contributed by atoms with E-state index in [1.54, 1.807) is 38.5 Å². The van der Waals surface area contributed by atoms with E-state index in [-0.39, 0.29) is 6.54 Å². The third-order valence-corrected chi connectivity index (χ3v) is 6.96. The Morgan fingerprint density at radius 1 is 1.02 bits per heavy atom. The van der Waals surface area contributed by atoms with E-state index in [0.717, 1.165) is 16.6 Å². The summed E-state index contributed by atoms with van der Waals surface area (Å²) >= 11 is 0. The predicted molar refractivity (Wildman–Crippen MR) is 141 cm³/mol. The number of rotatable bonds is 5. The quantitative estimate of drug-likeness (QED) is 0.323. The largest absolute Gasteiger partial charge is 0.431 e. The van der Waals surface area contributed by atoms with Crippen molar-refractivity contribution in [1.82, 2.24) is 34.6 Å². The molecule has 0 saturated carbocycles. The van der Waals surface area contributed by atoms with Crippen molar-refractivity contribution >= 4 is 11.0 Å². The number of benzene rings is 2. The van der Waals surface area contributed by atoms with Crippen molar-refractivity contribution in [2.24, 2.45) is 0 Å². The molecule has 0 bridgehead atoms. The Labute approximate surface area is 227 Å². The van der Waals surface area contributed by atoms with E-state index in [4.69, 9.17) is 9.72 Å². The first-order chi connectivity index (χ1) is 19.1. The Morgan fingerprint density at radius 2 is 1.80 bits per heavy atom. The second kappa shape index (κ2) is 9.72. The first-order valence-electron chi connectivity index (χ1n) is 12.6. The number of nitrogens with one attached hydrogen (secondary N) is 1. The number of hydrogen-bond donors (Lipinski definition) is 2. The lowest BCUT2D eigenvalue weighted by atomic mass is 9.95. The Balaban J connectivity index is 1.52. The summed E-state index contributed by atoms with van der Waals surface area (Å²) in [6.45, 7) is 0.908. The first kappa shape index (κ1) is 26.0. The minimum Gasteiger partial charge on any atom is -0.431 e. The SMILES string of the molecule is CN1Cc2c(-c3ccn[nH]3)cc(F)c(OC(F)F)c2Cn2c(nc3ccc(-c4cnc(C(C)(C)O)nc4)cc32)C1. The van der Waals surface area contributed by atoms with Gasteiger partial charge in [0.2, 0.25) is 0 Å². The van der Waals surface area contributed by atoms with Crippen molar-refractivity contribution in [2.75, 3.05) is 7.05 Å². The number of H-pyrrole nitrogens is 1. The van der Waals surface area contributed by atoms with Gasteiger partial charge in [-0.25, -0.2) is 19.3 Å². The molecular weight excluding hydrogens is 523 g/mol. The van der Waals surface area contributed by atoms with E-state index in [1.165, 1.54) is 6.07 Å². The molecule has 0 saturated heterocycles. The molecule has 0 atom stereocenters. The smallest absolute Gasteiger partial charge is 0.387 e. The molecule has 2 aromatic carbocycles. The Hall–Kier alpha value is -4.29. The maximum absolute atomic E-state index is 15.4. The van der Waals surface area contributed by atoms with Gasteiger partial charge < -0.3 is 14.4 Å². The molecule has 9 nitrogen and oxygen atoms in total. The second-order valence-corrected chi connectivity index (χ2v) is 10.4. The van der Waals surface area contributed by atoms with Gasteiger partial charge in [0.15, 0.2) is 17.4 Å². The lowest BCUT2D eigenvalue weighted by molar-refractivity contribution is -0.0529. The van der Waals surface area contributed by atoms with Crippen LogP contribution in [0.4, 0.5) is 13.2 Å². The summed E-state index contributed by atoms with van der Waals surface area (Å²) in [5.41, 5.74) is 3.84. The van der Waals surface area contributed by atoms with Crippen molar-refractivity contribution in [1.29, 1.82) is 0 Å². The molecule has 6 rings (SSSR count). The molecule has 206 valence electrons. The summed E-state index contributed by atoms with van der Waals surface area (Å²) in [5.74, 6) is -0.372. The number of ether oxygens (including phenoxy) is 1. The van der Waals surface area contributed by atoms with Gasteiger partial charge in [-0.2, -0.15) is 13.9 Å². The van der Waals surface area contributed by atoms with Crippen molar-refractivity contribution in [2.45, 2.75) is 45.7 Å². The minimum atomic E-state index is -3.20. The van der Waals surface area contributed by atoms with Gasteiger partial charge in [0.1, 0.15) is 11.4 Å². The highest BCUT2D eigenvalue weighted by Crippen LogP contribution is 2.39. The summed E-state index contributed by atoms with van der Waals surface area (Å²) in [4.78, 5) is 15.4. The highest BCUT2D eigenvalue weighted by molar-refractivity contribution is 5.83. The van der Waals surface area contributed by atoms with Crippen LogP contribution < -0.4 is 4.74 Å². The van der Waals surface area contributed by atoms with Gasteiger partial charge in [0.05, 0.1) is 29.8 Å². The van der Waals surface area contributed by atoms with Gasteiger partial charge in [-0.3, -0.25) is 10.00 Å². The number of aromatic amines is 1. The molecule has 0 spiro atoms. The molecule has 12 heteroatoms. The third kappa shape index (κ3) is 4.69. The molecule has 0 aliphatic carbocycles. The van der Waals surface area contributed by atoms with E-state index in [2.05, 4.69) is 20.2 Å². The van der Waals surface area contributed by atoms with Crippen LogP contribution in [0.3, 0.4) is 0 Å². The minimum absolute atomic E-state index is 0.0630. The molecule has 5 aromatic rings. The molecule has 0 fully saturated rings. The second-order valence-electron chi connectivity index (χ2n) is 10.4. The van der Waals surface area contributed by atoms with Crippen LogP contribution in [0, 0.1) is 5.82 Å². The lowest BCUT2D eigenvalue weighted by Gasteiger charge is -2.27. The van der Waals surface area contributed by atoms with Gasteiger partial charge in [-0.05, 0) is 56.3 Å². The van der Waals surface area contributed by atoms with Gasteiger partial charge >= 0.3 is 6.61 Å². The van der Waals surface area contributed by atoms with Crippen molar-refractivity contribution in [3.8, 4) is 28.1 Å². The van der Waals surface area contributed by atoms with Crippen molar-refractivity contribution in [3.05, 3.63) is 77.5 Å². The van der Waals surface area contributed by atoms with Crippen LogP contribution in [0.15, 0.2) is 48.9 Å². The first-order valence-corrected chi connectivity index (χ1v) is 12.6. The molecule has 0 amide bonds. The van der Waals surface area contributed by atoms with E-state index in [9.17, 15) is 13.9 Å². The molecule has 0 unspecified atom stereocenters. The summed E-state index contributed by atoms with van der Waals surface area (Å²) in [6.07, 6.45) is 4.82. The summed E-state index contributed by atoms with van der Waals surface area (Å²) < 4.78 is 49.0. The highest BCUT2D eigenvalue weighted by Gasteiger charge is 2.28. The fourth-order valence-electron chi connectivity index (χ4n) is 5.10. The van der Waals surface area contributed by atoms with E-state index in [0.29, 0.717) is 52.6 Å². The normalized spacial score (nSPS) is 14.2. The van der Waals surface area contributed by atoms with Crippen LogP contribution >= 0.6 is 0 Å². The van der Waals surface area contributed by atoms with Crippen molar-refractivity contribution < 1.29 is 23.0 Å². The number of fused-ring (bicyclic) bond motifs is 4. The summed E-state index contributed by atoms with van der Waals surface area (Å²) in [5, 5.41) is 17.0. The maximum atomic E-state index is 15.4. The monoisotopic (exact) mass is 549 g/mol. The fourth-order valence-corrected chi connectivity index (χ4v) is 5.10. The molecular formula is C28H26F3N7O2. The maximum Gasteiger partial charge on any atom is 0.387 e. The van der Waals surface area contributed by atoms with Crippen LogP contribution in [-0.2, 0) is 25.2 Å². The van der Waals surface area contributed by atoms with Gasteiger partial charge in [0.25, 0.3) is 0 Å². The zero-order valence-corrected chi connectivity index (χ0v) is 22.0. The van der Waals surface area contributed by atoms with Gasteiger partial charge in [0, 0.05) is 41.8 Å².